The Morgan fingerprint density at radius 1 is 0.929 bits per heavy atom. The van der Waals surface area contributed by atoms with Crippen LogP contribution in [-0.4, -0.2) is 0 Å². The molecule has 3 aliphatic carbocycles. The minimum atomic E-state index is 0.893. The van der Waals surface area contributed by atoms with Crippen LogP contribution in [0.15, 0.2) is 22.3 Å². The maximum absolute atomic E-state index is 2.44. The summed E-state index contributed by atoms with van der Waals surface area (Å²) in [5, 5.41) is 0. The molecular formula is C14H20. The number of allylic oxidation sites excluding steroid dienone is 4. The first-order valence-corrected chi connectivity index (χ1v) is 6.29. The third-order valence-corrected chi connectivity index (χ3v) is 4.40. The first-order chi connectivity index (χ1) is 6.86. The Bertz CT molecular complexity index is 317. The zero-order valence-corrected chi connectivity index (χ0v) is 9.23. The second-order valence-corrected chi connectivity index (χ2v) is 5.26. The van der Waals surface area contributed by atoms with Gasteiger partial charge in [-0.3, -0.25) is 0 Å². The summed E-state index contributed by atoms with van der Waals surface area (Å²) in [5.41, 5.74) is 7.30. The first kappa shape index (κ1) is 8.76. The van der Waals surface area contributed by atoms with Gasteiger partial charge in [-0.2, -0.15) is 0 Å². The van der Waals surface area contributed by atoms with Crippen molar-refractivity contribution in [2.75, 3.05) is 0 Å². The molecule has 0 amide bonds. The third kappa shape index (κ3) is 1.20. The van der Waals surface area contributed by atoms with Crippen molar-refractivity contribution in [2.45, 2.75) is 58.3 Å². The normalized spacial score (nSPS) is 31.9. The topological polar surface area (TPSA) is 0 Å². The van der Waals surface area contributed by atoms with Gasteiger partial charge >= 0.3 is 0 Å². The number of hydrogen-bond acceptors (Lipinski definition) is 0. The van der Waals surface area contributed by atoms with E-state index >= 15 is 0 Å². The molecule has 0 aromatic carbocycles. The summed E-state index contributed by atoms with van der Waals surface area (Å²) < 4.78 is 0. The minimum Gasteiger partial charge on any atom is -0.0627 e. The summed E-state index contributed by atoms with van der Waals surface area (Å²) in [6.07, 6.45) is 11.4. The number of rotatable bonds is 0. The van der Waals surface area contributed by atoms with Crippen LogP contribution < -0.4 is 0 Å². The fourth-order valence-electron chi connectivity index (χ4n) is 3.60. The van der Waals surface area contributed by atoms with Crippen molar-refractivity contribution in [2.24, 2.45) is 5.92 Å². The van der Waals surface area contributed by atoms with Gasteiger partial charge in [-0.05, 0) is 68.4 Å². The number of hydrogen-bond donors (Lipinski definition) is 0. The Labute approximate surface area is 87.1 Å². The molecule has 0 radical (unpaired) electrons. The molecule has 0 aromatic heterocycles. The first-order valence-electron chi connectivity index (χ1n) is 6.29. The molecule has 0 saturated heterocycles. The van der Waals surface area contributed by atoms with E-state index in [2.05, 4.69) is 6.92 Å². The average Bonchev–Trinajstić information content (AvgIpc) is 2.59. The van der Waals surface area contributed by atoms with Crippen molar-refractivity contribution in [1.82, 2.24) is 0 Å². The second kappa shape index (κ2) is 3.25. The van der Waals surface area contributed by atoms with Gasteiger partial charge in [0, 0.05) is 0 Å². The van der Waals surface area contributed by atoms with E-state index in [0.717, 1.165) is 5.92 Å². The monoisotopic (exact) mass is 188 g/mol. The molecule has 0 aromatic rings. The van der Waals surface area contributed by atoms with Gasteiger partial charge in [0.05, 0.1) is 0 Å². The largest absolute Gasteiger partial charge is 0.0627 e. The van der Waals surface area contributed by atoms with Gasteiger partial charge in [-0.15, -0.1) is 0 Å². The van der Waals surface area contributed by atoms with E-state index in [0.29, 0.717) is 0 Å². The van der Waals surface area contributed by atoms with Crippen LogP contribution in [0.4, 0.5) is 0 Å². The van der Waals surface area contributed by atoms with Crippen molar-refractivity contribution < 1.29 is 0 Å². The molecule has 0 spiro atoms. The molecule has 76 valence electrons. The lowest BCUT2D eigenvalue weighted by Crippen LogP contribution is -2.07. The molecule has 0 N–H and O–H groups in total. The Morgan fingerprint density at radius 3 is 2.64 bits per heavy atom. The van der Waals surface area contributed by atoms with E-state index in [1.54, 1.807) is 0 Å². The van der Waals surface area contributed by atoms with Gasteiger partial charge in [-0.1, -0.05) is 18.1 Å². The van der Waals surface area contributed by atoms with Crippen LogP contribution in [0, 0.1) is 5.92 Å². The maximum Gasteiger partial charge on any atom is -0.00939 e. The quantitative estimate of drug-likeness (QED) is 0.529. The molecule has 1 atom stereocenters. The van der Waals surface area contributed by atoms with Crippen molar-refractivity contribution in [3.63, 3.8) is 0 Å². The van der Waals surface area contributed by atoms with Crippen LogP contribution in [0.25, 0.3) is 0 Å². The molecule has 14 heavy (non-hydrogen) atoms. The molecule has 3 rings (SSSR count). The van der Waals surface area contributed by atoms with Crippen LogP contribution in [0.3, 0.4) is 0 Å². The fourth-order valence-corrected chi connectivity index (χ4v) is 3.60. The van der Waals surface area contributed by atoms with Crippen molar-refractivity contribution >= 4 is 0 Å². The summed E-state index contributed by atoms with van der Waals surface area (Å²) in [7, 11) is 0. The molecule has 0 heterocycles. The summed E-state index contributed by atoms with van der Waals surface area (Å²) in [4.78, 5) is 0. The fraction of sp³-hybridized carbons (Fsp3) is 0.714. The molecule has 0 bridgehead atoms. The Kier molecular flexibility index (Phi) is 2.04. The van der Waals surface area contributed by atoms with E-state index < -0.39 is 0 Å². The standard InChI is InChI=1S/C14H20/c1-10-5-4-8-13-12-7-3-2-6-11(12)9-14(10)13/h10H,2-9H2,1H3. The summed E-state index contributed by atoms with van der Waals surface area (Å²) in [6, 6.07) is 0. The average molecular weight is 188 g/mol. The minimum absolute atomic E-state index is 0.893. The molecule has 3 aliphatic rings. The smallest absolute Gasteiger partial charge is 0.00939 e. The van der Waals surface area contributed by atoms with Crippen LogP contribution in [0.5, 0.6) is 0 Å². The Hall–Kier alpha value is -0.520. The molecular weight excluding hydrogens is 168 g/mol. The number of fused-ring (bicyclic) bond motifs is 1. The molecule has 0 fully saturated rings. The second-order valence-electron chi connectivity index (χ2n) is 5.26. The lowest BCUT2D eigenvalue weighted by Gasteiger charge is -2.23. The molecule has 0 saturated carbocycles. The van der Waals surface area contributed by atoms with Gasteiger partial charge in [0.1, 0.15) is 0 Å². The van der Waals surface area contributed by atoms with Crippen molar-refractivity contribution in [3.8, 4) is 0 Å². The van der Waals surface area contributed by atoms with Gasteiger partial charge < -0.3 is 0 Å². The van der Waals surface area contributed by atoms with E-state index in [9.17, 15) is 0 Å². The van der Waals surface area contributed by atoms with Gasteiger partial charge in [-0.25, -0.2) is 0 Å². The van der Waals surface area contributed by atoms with Gasteiger partial charge in [0.15, 0.2) is 0 Å². The van der Waals surface area contributed by atoms with E-state index in [1.807, 2.05) is 22.3 Å². The highest BCUT2D eigenvalue weighted by Gasteiger charge is 2.30. The van der Waals surface area contributed by atoms with Crippen LogP contribution in [0.1, 0.15) is 58.3 Å². The molecule has 1 unspecified atom stereocenters. The van der Waals surface area contributed by atoms with Crippen LogP contribution >= 0.6 is 0 Å². The Balaban J connectivity index is 1.96. The maximum atomic E-state index is 2.44. The lowest BCUT2D eigenvalue weighted by atomic mass is 9.83. The van der Waals surface area contributed by atoms with Gasteiger partial charge in [0.25, 0.3) is 0 Å². The molecule has 0 nitrogen and oxygen atoms in total. The predicted octanol–water partition coefficient (Wildman–Crippen LogP) is 4.38. The molecule has 0 aliphatic heterocycles. The van der Waals surface area contributed by atoms with Crippen molar-refractivity contribution in [3.05, 3.63) is 22.3 Å². The van der Waals surface area contributed by atoms with Crippen LogP contribution in [0.2, 0.25) is 0 Å². The summed E-state index contributed by atoms with van der Waals surface area (Å²) in [5.74, 6) is 0.893. The third-order valence-electron chi connectivity index (χ3n) is 4.40. The van der Waals surface area contributed by atoms with Crippen LogP contribution in [-0.2, 0) is 0 Å². The molecule has 0 heteroatoms. The van der Waals surface area contributed by atoms with Crippen molar-refractivity contribution in [1.29, 1.82) is 0 Å². The van der Waals surface area contributed by atoms with Gasteiger partial charge in [0.2, 0.25) is 0 Å². The SMILES string of the molecule is CC1CCCC2=C1CC1=C2CCCC1. The highest BCUT2D eigenvalue weighted by molar-refractivity contribution is 5.49. The zero-order chi connectivity index (χ0) is 9.54. The Morgan fingerprint density at radius 2 is 1.71 bits per heavy atom. The highest BCUT2D eigenvalue weighted by atomic mass is 14.4. The highest BCUT2D eigenvalue weighted by Crippen LogP contribution is 2.48. The zero-order valence-electron chi connectivity index (χ0n) is 9.23. The summed E-state index contributed by atoms with van der Waals surface area (Å²) >= 11 is 0. The predicted molar refractivity (Wildman–Crippen MR) is 60.2 cm³/mol. The van der Waals surface area contributed by atoms with E-state index in [1.165, 1.54) is 51.4 Å². The van der Waals surface area contributed by atoms with E-state index in [4.69, 9.17) is 0 Å². The summed E-state index contributed by atoms with van der Waals surface area (Å²) in [6.45, 7) is 2.44. The van der Waals surface area contributed by atoms with E-state index in [-0.39, 0.29) is 0 Å². The lowest BCUT2D eigenvalue weighted by molar-refractivity contribution is 0.534.